The Hall–Kier alpha value is -0.900. The van der Waals surface area contributed by atoms with Crippen LogP contribution in [0.1, 0.15) is 49.4 Å². The number of amides is 1. The minimum atomic E-state index is -3.22. The zero-order chi connectivity index (χ0) is 22.5. The number of carbonyl (C=O) groups excluding carboxylic acids is 1. The van der Waals surface area contributed by atoms with Gasteiger partial charge in [0, 0.05) is 44.2 Å². The van der Waals surface area contributed by atoms with Crippen molar-refractivity contribution >= 4 is 39.9 Å². The van der Waals surface area contributed by atoms with Crippen LogP contribution in [0.25, 0.3) is 0 Å². The Morgan fingerprint density at radius 2 is 1.91 bits per heavy atom. The predicted molar refractivity (Wildman–Crippen MR) is 130 cm³/mol. The second kappa shape index (κ2) is 12.0. The van der Waals surface area contributed by atoms with Crippen LogP contribution in [0.4, 0.5) is 0 Å². The minimum Gasteiger partial charge on any atom is -0.360 e. The second-order valence-electron chi connectivity index (χ2n) is 8.45. The summed E-state index contributed by atoms with van der Waals surface area (Å²) >= 11 is 6.62. The first-order valence-electron chi connectivity index (χ1n) is 11.1. The molecule has 182 valence electrons. The van der Waals surface area contributed by atoms with Crippen LogP contribution in [0.15, 0.2) is 30.3 Å². The van der Waals surface area contributed by atoms with Gasteiger partial charge >= 0.3 is 0 Å². The quantitative estimate of drug-likeness (QED) is 0.432. The molecule has 1 saturated carbocycles. The van der Waals surface area contributed by atoms with Gasteiger partial charge in [-0.3, -0.25) is 9.69 Å². The van der Waals surface area contributed by atoms with E-state index < -0.39 is 21.8 Å². The van der Waals surface area contributed by atoms with Gasteiger partial charge in [0.1, 0.15) is 6.23 Å². The number of hydrogen-bond acceptors (Lipinski definition) is 5. The molecule has 3 unspecified atom stereocenters. The number of methoxy groups -OCH3 is 1. The van der Waals surface area contributed by atoms with Crippen molar-refractivity contribution in [2.75, 3.05) is 39.0 Å². The van der Waals surface area contributed by atoms with Crippen LogP contribution in [0, 0.1) is 0 Å². The lowest BCUT2D eigenvalue weighted by Crippen LogP contribution is -2.68. The summed E-state index contributed by atoms with van der Waals surface area (Å²) in [5.41, 5.74) is 0.109. The number of ether oxygens (including phenoxy) is 1. The highest BCUT2D eigenvalue weighted by molar-refractivity contribution is 7.89. The molecule has 1 amide bonds. The molecule has 1 aromatic carbocycles. The lowest BCUT2D eigenvalue weighted by atomic mass is 9.77. The number of alkyl halides is 1. The molecule has 3 atom stereocenters. The number of sulfonamides is 1. The van der Waals surface area contributed by atoms with Gasteiger partial charge in [-0.25, -0.2) is 8.42 Å². The number of nitrogens with one attached hydrogen (secondary N) is 1. The Morgan fingerprint density at radius 3 is 2.47 bits per heavy atom. The van der Waals surface area contributed by atoms with Crippen molar-refractivity contribution in [2.24, 2.45) is 0 Å². The van der Waals surface area contributed by atoms with Crippen LogP contribution >= 0.6 is 24.0 Å². The highest BCUT2D eigenvalue weighted by atomic mass is 35.5. The number of carbonyl (C=O) groups is 1. The Bertz CT molecular complexity index is 835. The van der Waals surface area contributed by atoms with E-state index in [0.717, 1.165) is 19.3 Å². The third-order valence-corrected chi connectivity index (χ3v) is 8.90. The van der Waals surface area contributed by atoms with Gasteiger partial charge in [-0.15, -0.1) is 24.0 Å². The van der Waals surface area contributed by atoms with Gasteiger partial charge in [0.15, 0.2) is 0 Å². The van der Waals surface area contributed by atoms with Crippen molar-refractivity contribution in [2.45, 2.75) is 56.2 Å². The second-order valence-corrected chi connectivity index (χ2v) is 11.2. The minimum absolute atomic E-state index is 0. The summed E-state index contributed by atoms with van der Waals surface area (Å²) in [6, 6.07) is 9.09. The van der Waals surface area contributed by atoms with Crippen molar-refractivity contribution in [3.8, 4) is 0 Å². The molecule has 1 aromatic rings. The standard InChI is InChI=1S/C22H34ClN3O4S.ClH/c1-3-16-31(28,29)26-14-12-25(13-15-26)22(11-7-10-19(23)17-22)21(30-2)24-20(27)18-8-5-4-6-9-18;/h4-6,8-9,19,21H,3,7,10-17H2,1-2H3,(H,24,27);1H. The number of hydrogen-bond donors (Lipinski definition) is 1. The van der Waals surface area contributed by atoms with E-state index in [2.05, 4.69) is 10.2 Å². The van der Waals surface area contributed by atoms with Crippen LogP contribution < -0.4 is 5.32 Å². The molecule has 1 aliphatic heterocycles. The van der Waals surface area contributed by atoms with E-state index in [1.807, 2.05) is 25.1 Å². The highest BCUT2D eigenvalue weighted by Gasteiger charge is 2.49. The van der Waals surface area contributed by atoms with Gasteiger partial charge in [-0.2, -0.15) is 4.31 Å². The van der Waals surface area contributed by atoms with Crippen molar-refractivity contribution in [3.05, 3.63) is 35.9 Å². The molecule has 1 heterocycles. The average Bonchev–Trinajstić information content (AvgIpc) is 2.78. The van der Waals surface area contributed by atoms with Crippen LogP contribution in [0.2, 0.25) is 0 Å². The van der Waals surface area contributed by atoms with Crippen molar-refractivity contribution in [1.29, 1.82) is 0 Å². The molecule has 2 fully saturated rings. The fraction of sp³-hybridized carbons (Fsp3) is 0.682. The first kappa shape index (κ1) is 27.3. The van der Waals surface area contributed by atoms with Gasteiger partial charge in [-0.1, -0.05) is 25.1 Å². The van der Waals surface area contributed by atoms with Gasteiger partial charge in [0.05, 0.1) is 11.3 Å². The summed E-state index contributed by atoms with van der Waals surface area (Å²) in [7, 11) is -1.61. The monoisotopic (exact) mass is 507 g/mol. The maximum Gasteiger partial charge on any atom is 0.253 e. The van der Waals surface area contributed by atoms with E-state index in [-0.39, 0.29) is 29.4 Å². The molecule has 1 N–H and O–H groups in total. The maximum atomic E-state index is 12.9. The van der Waals surface area contributed by atoms with Crippen molar-refractivity contribution in [1.82, 2.24) is 14.5 Å². The number of halogens is 2. The van der Waals surface area contributed by atoms with Crippen LogP contribution in [-0.4, -0.2) is 79.7 Å². The summed E-state index contributed by atoms with van der Waals surface area (Å²) in [6.07, 6.45) is 3.45. The first-order valence-corrected chi connectivity index (χ1v) is 13.1. The maximum absolute atomic E-state index is 12.9. The molecule has 2 aliphatic rings. The van der Waals surface area contributed by atoms with E-state index in [1.54, 1.807) is 23.5 Å². The van der Waals surface area contributed by atoms with Gasteiger partial charge in [-0.05, 0) is 44.2 Å². The summed E-state index contributed by atoms with van der Waals surface area (Å²) in [6.45, 7) is 3.95. The molecular formula is C22H35Cl2N3O4S. The Labute approximate surface area is 203 Å². The summed E-state index contributed by atoms with van der Waals surface area (Å²) < 4.78 is 32.4. The molecule has 3 rings (SSSR count). The Morgan fingerprint density at radius 1 is 1.25 bits per heavy atom. The van der Waals surface area contributed by atoms with E-state index in [9.17, 15) is 13.2 Å². The van der Waals surface area contributed by atoms with E-state index in [4.69, 9.17) is 16.3 Å². The predicted octanol–water partition coefficient (Wildman–Crippen LogP) is 3.09. The first-order chi connectivity index (χ1) is 14.8. The normalized spacial score (nSPS) is 26.2. The molecule has 32 heavy (non-hydrogen) atoms. The third kappa shape index (κ3) is 6.15. The molecule has 0 aromatic heterocycles. The Balaban J connectivity index is 0.00000363. The lowest BCUT2D eigenvalue weighted by Gasteiger charge is -2.53. The summed E-state index contributed by atoms with van der Waals surface area (Å²) in [5.74, 6) is -0.0110. The largest absolute Gasteiger partial charge is 0.360 e. The Kier molecular flexibility index (Phi) is 10.2. The topological polar surface area (TPSA) is 79.0 Å². The molecule has 0 spiro atoms. The number of benzene rings is 1. The molecule has 1 saturated heterocycles. The molecule has 10 heteroatoms. The number of nitrogens with zero attached hydrogens (tertiary/aromatic N) is 2. The zero-order valence-electron chi connectivity index (χ0n) is 18.8. The van der Waals surface area contributed by atoms with Crippen LogP contribution in [-0.2, 0) is 14.8 Å². The van der Waals surface area contributed by atoms with E-state index >= 15 is 0 Å². The SMILES string of the molecule is CCCS(=O)(=O)N1CCN(C2(C(NC(=O)c3ccccc3)OC)CCCC(Cl)C2)CC1.Cl. The van der Waals surface area contributed by atoms with Crippen molar-refractivity contribution in [3.63, 3.8) is 0 Å². The lowest BCUT2D eigenvalue weighted by molar-refractivity contribution is -0.0935. The fourth-order valence-electron chi connectivity index (χ4n) is 4.91. The highest BCUT2D eigenvalue weighted by Crippen LogP contribution is 2.40. The van der Waals surface area contributed by atoms with Crippen LogP contribution in [0.3, 0.4) is 0 Å². The van der Waals surface area contributed by atoms with Gasteiger partial charge in [0.2, 0.25) is 10.0 Å². The number of rotatable bonds is 8. The molecular weight excluding hydrogens is 473 g/mol. The smallest absolute Gasteiger partial charge is 0.253 e. The molecule has 1 aliphatic carbocycles. The molecule has 0 radical (unpaired) electrons. The van der Waals surface area contributed by atoms with Crippen LogP contribution in [0.5, 0.6) is 0 Å². The average molecular weight is 509 g/mol. The van der Waals surface area contributed by atoms with Crippen molar-refractivity contribution < 1.29 is 17.9 Å². The van der Waals surface area contributed by atoms with Gasteiger partial charge in [0.25, 0.3) is 5.91 Å². The molecule has 7 nitrogen and oxygen atoms in total. The summed E-state index contributed by atoms with van der Waals surface area (Å²) in [4.78, 5) is 15.2. The number of piperazine rings is 1. The van der Waals surface area contributed by atoms with E-state index in [0.29, 0.717) is 44.6 Å². The molecule has 0 bridgehead atoms. The summed E-state index contributed by atoms with van der Waals surface area (Å²) in [5, 5.41) is 3.07. The van der Waals surface area contributed by atoms with E-state index in [1.165, 1.54) is 0 Å². The van der Waals surface area contributed by atoms with Gasteiger partial charge < -0.3 is 10.1 Å². The fourth-order valence-corrected chi connectivity index (χ4v) is 6.83. The third-order valence-electron chi connectivity index (χ3n) is 6.45. The zero-order valence-corrected chi connectivity index (χ0v) is 21.2.